The summed E-state index contributed by atoms with van der Waals surface area (Å²) in [6.07, 6.45) is 2.80. The van der Waals surface area contributed by atoms with Gasteiger partial charge in [-0.3, -0.25) is 0 Å². The molecular formula is C26H32N2O5. The van der Waals surface area contributed by atoms with Gasteiger partial charge >= 0.3 is 6.16 Å². The van der Waals surface area contributed by atoms with Gasteiger partial charge in [0.25, 0.3) is 0 Å². The Bertz CT molecular complexity index is 1130. The first-order valence-electron chi connectivity index (χ1n) is 11.6. The minimum Gasteiger partial charge on any atom is -0.508 e. The van der Waals surface area contributed by atoms with Gasteiger partial charge < -0.3 is 30.0 Å². The summed E-state index contributed by atoms with van der Waals surface area (Å²) in [4.78, 5) is 15.1. The van der Waals surface area contributed by atoms with E-state index in [1.165, 1.54) is 0 Å². The van der Waals surface area contributed by atoms with Crippen molar-refractivity contribution in [3.8, 4) is 11.6 Å². The molecule has 2 aromatic carbocycles. The first kappa shape index (κ1) is 23.1. The Kier molecular flexibility index (Phi) is 6.91. The lowest BCUT2D eigenvalue weighted by Crippen LogP contribution is -2.43. The molecule has 1 aromatic heterocycles. The third kappa shape index (κ3) is 4.99. The fourth-order valence-corrected chi connectivity index (χ4v) is 4.86. The molecule has 1 aliphatic rings. The van der Waals surface area contributed by atoms with E-state index in [1.54, 1.807) is 25.1 Å². The molecule has 0 bridgehead atoms. The van der Waals surface area contributed by atoms with Gasteiger partial charge in [-0.15, -0.1) is 0 Å². The summed E-state index contributed by atoms with van der Waals surface area (Å²) < 4.78 is 10.4. The molecule has 1 heterocycles. The quantitative estimate of drug-likeness (QED) is 0.381. The van der Waals surface area contributed by atoms with Gasteiger partial charge in [-0.2, -0.15) is 0 Å². The molecule has 1 saturated carbocycles. The van der Waals surface area contributed by atoms with Crippen LogP contribution in [0.15, 0.2) is 42.5 Å². The molecule has 7 nitrogen and oxygen atoms in total. The zero-order valence-corrected chi connectivity index (χ0v) is 19.2. The Labute approximate surface area is 193 Å². The number of H-pyrrole nitrogens is 1. The number of phenols is 1. The number of nitrogens with one attached hydrogen (secondary N) is 2. The van der Waals surface area contributed by atoms with Gasteiger partial charge in [-0.05, 0) is 56.5 Å². The topological polar surface area (TPSA) is 104 Å². The van der Waals surface area contributed by atoms with E-state index >= 15 is 0 Å². The van der Waals surface area contributed by atoms with Gasteiger partial charge in [0.05, 0.1) is 12.2 Å². The molecule has 4 N–H and O–H groups in total. The van der Waals surface area contributed by atoms with Crippen molar-refractivity contribution in [1.29, 1.82) is 0 Å². The molecule has 0 saturated heterocycles. The smallest absolute Gasteiger partial charge is 0.508 e. The SMILES string of the molecule is CCOC(=O)Oc1[nH]c2ccc(C)cc2c1CNCC1CCCCC1(O)c1cccc(O)c1. The monoisotopic (exact) mass is 452 g/mol. The highest BCUT2D eigenvalue weighted by atomic mass is 16.7. The lowest BCUT2D eigenvalue weighted by molar-refractivity contribution is -0.0538. The van der Waals surface area contributed by atoms with Crippen molar-refractivity contribution >= 4 is 17.1 Å². The average molecular weight is 453 g/mol. The van der Waals surface area contributed by atoms with Gasteiger partial charge in [0.2, 0.25) is 5.88 Å². The maximum Gasteiger partial charge on any atom is 0.515 e. The summed E-state index contributed by atoms with van der Waals surface area (Å²) in [5.41, 5.74) is 2.59. The second-order valence-electron chi connectivity index (χ2n) is 8.81. The number of carbonyl (C=O) groups is 1. The lowest BCUT2D eigenvalue weighted by Gasteiger charge is -2.40. The minimum atomic E-state index is -0.995. The van der Waals surface area contributed by atoms with Crippen LogP contribution in [-0.4, -0.2) is 34.5 Å². The number of carbonyl (C=O) groups excluding carboxylic acids is 1. The van der Waals surface area contributed by atoms with Crippen molar-refractivity contribution in [3.63, 3.8) is 0 Å². The number of phenolic OH excluding ortho intramolecular Hbond substituents is 1. The number of aromatic amines is 1. The van der Waals surface area contributed by atoms with Crippen molar-refractivity contribution in [1.82, 2.24) is 10.3 Å². The van der Waals surface area contributed by atoms with Crippen molar-refractivity contribution in [2.24, 2.45) is 5.92 Å². The second kappa shape index (κ2) is 9.85. The first-order chi connectivity index (χ1) is 15.9. The van der Waals surface area contributed by atoms with E-state index in [0.29, 0.717) is 25.4 Å². The highest BCUT2D eigenvalue weighted by molar-refractivity contribution is 5.87. The number of hydrogen-bond donors (Lipinski definition) is 4. The maximum atomic E-state index is 12.0. The number of fused-ring (bicyclic) bond motifs is 1. The van der Waals surface area contributed by atoms with Gasteiger partial charge in [0, 0.05) is 35.5 Å². The Balaban J connectivity index is 1.54. The van der Waals surface area contributed by atoms with Crippen LogP contribution >= 0.6 is 0 Å². The Morgan fingerprint density at radius 2 is 2.09 bits per heavy atom. The van der Waals surface area contributed by atoms with Crippen LogP contribution in [0, 0.1) is 12.8 Å². The molecule has 176 valence electrons. The van der Waals surface area contributed by atoms with Crippen LogP contribution in [0.1, 0.15) is 49.3 Å². The molecule has 1 fully saturated rings. The van der Waals surface area contributed by atoms with E-state index in [4.69, 9.17) is 9.47 Å². The highest BCUT2D eigenvalue weighted by Gasteiger charge is 2.40. The lowest BCUT2D eigenvalue weighted by atomic mass is 9.71. The van der Waals surface area contributed by atoms with Crippen LogP contribution in [0.25, 0.3) is 10.9 Å². The molecule has 2 atom stereocenters. The largest absolute Gasteiger partial charge is 0.515 e. The third-order valence-electron chi connectivity index (χ3n) is 6.54. The standard InChI is InChI=1S/C26H32N2O5/c1-3-32-25(30)33-24-22(21-13-17(2)10-11-23(21)28-24)16-27-15-19-7-4-5-12-26(19,31)18-8-6-9-20(29)14-18/h6,8-11,13-14,19,27-29,31H,3-5,7,12,15-16H2,1-2H3. The van der Waals surface area contributed by atoms with E-state index < -0.39 is 11.8 Å². The highest BCUT2D eigenvalue weighted by Crippen LogP contribution is 2.42. The molecule has 0 radical (unpaired) electrons. The minimum absolute atomic E-state index is 0.00517. The predicted molar refractivity (Wildman–Crippen MR) is 126 cm³/mol. The van der Waals surface area contributed by atoms with E-state index in [2.05, 4.69) is 16.4 Å². The van der Waals surface area contributed by atoms with Crippen molar-refractivity contribution in [3.05, 3.63) is 59.2 Å². The van der Waals surface area contributed by atoms with Crippen molar-refractivity contribution in [2.45, 2.75) is 51.7 Å². The maximum absolute atomic E-state index is 12.0. The first-order valence-corrected chi connectivity index (χ1v) is 11.6. The molecule has 2 unspecified atom stereocenters. The van der Waals surface area contributed by atoms with Gasteiger partial charge in [-0.25, -0.2) is 4.79 Å². The van der Waals surface area contributed by atoms with E-state index in [0.717, 1.165) is 46.9 Å². The van der Waals surface area contributed by atoms with Crippen LogP contribution in [0.3, 0.4) is 0 Å². The number of hydrogen-bond acceptors (Lipinski definition) is 6. The molecule has 0 spiro atoms. The number of aromatic nitrogens is 1. The predicted octanol–water partition coefficient (Wildman–Crippen LogP) is 4.88. The van der Waals surface area contributed by atoms with Crippen molar-refractivity contribution < 1.29 is 24.5 Å². The summed E-state index contributed by atoms with van der Waals surface area (Å²) >= 11 is 0. The fourth-order valence-electron chi connectivity index (χ4n) is 4.86. The van der Waals surface area contributed by atoms with Crippen LogP contribution in [0.5, 0.6) is 11.6 Å². The number of aliphatic hydroxyl groups is 1. The van der Waals surface area contributed by atoms with Crippen LogP contribution in [0.2, 0.25) is 0 Å². The zero-order chi connectivity index (χ0) is 23.4. The normalized spacial score (nSPS) is 20.6. The summed E-state index contributed by atoms with van der Waals surface area (Å²) in [7, 11) is 0. The summed E-state index contributed by atoms with van der Waals surface area (Å²) in [5.74, 6) is 0.524. The number of ether oxygens (including phenoxy) is 2. The molecular weight excluding hydrogens is 420 g/mol. The zero-order valence-electron chi connectivity index (χ0n) is 19.2. The number of aryl methyl sites for hydroxylation is 1. The van der Waals surface area contributed by atoms with Crippen molar-refractivity contribution in [2.75, 3.05) is 13.2 Å². The van der Waals surface area contributed by atoms with E-state index in [1.807, 2.05) is 25.1 Å². The van der Waals surface area contributed by atoms with E-state index in [9.17, 15) is 15.0 Å². The molecule has 1 aliphatic carbocycles. The number of benzene rings is 2. The van der Waals surface area contributed by atoms with Gasteiger partial charge in [-0.1, -0.05) is 36.6 Å². The average Bonchev–Trinajstić information content (AvgIpc) is 3.11. The van der Waals surface area contributed by atoms with Gasteiger partial charge in [0.15, 0.2) is 0 Å². The van der Waals surface area contributed by atoms with Gasteiger partial charge in [0.1, 0.15) is 5.75 Å². The Morgan fingerprint density at radius 3 is 2.88 bits per heavy atom. The summed E-state index contributed by atoms with van der Waals surface area (Å²) in [5, 5.41) is 26.0. The molecule has 0 amide bonds. The molecule has 7 heteroatoms. The Morgan fingerprint density at radius 1 is 1.24 bits per heavy atom. The molecule has 3 aromatic rings. The number of aromatic hydroxyl groups is 1. The van der Waals surface area contributed by atoms with E-state index in [-0.39, 0.29) is 18.3 Å². The fraction of sp³-hybridized carbons (Fsp3) is 0.423. The number of rotatable bonds is 7. The van der Waals surface area contributed by atoms with Crippen LogP contribution in [0.4, 0.5) is 4.79 Å². The summed E-state index contributed by atoms with van der Waals surface area (Å²) in [6.45, 7) is 5.04. The third-order valence-corrected chi connectivity index (χ3v) is 6.54. The van der Waals surface area contributed by atoms with Crippen LogP contribution in [-0.2, 0) is 16.9 Å². The summed E-state index contributed by atoms with van der Waals surface area (Å²) in [6, 6.07) is 13.0. The Hall–Kier alpha value is -3.03. The molecule has 4 rings (SSSR count). The van der Waals surface area contributed by atoms with Crippen LogP contribution < -0.4 is 10.1 Å². The second-order valence-corrected chi connectivity index (χ2v) is 8.81. The molecule has 0 aliphatic heterocycles. The molecule has 33 heavy (non-hydrogen) atoms.